The van der Waals surface area contributed by atoms with Crippen LogP contribution in [-0.4, -0.2) is 28.6 Å². The van der Waals surface area contributed by atoms with E-state index in [4.69, 9.17) is 5.10 Å². The van der Waals surface area contributed by atoms with E-state index in [1.807, 2.05) is 42.5 Å². The molecule has 0 fully saturated rings. The van der Waals surface area contributed by atoms with Crippen molar-refractivity contribution in [1.29, 1.82) is 0 Å². The summed E-state index contributed by atoms with van der Waals surface area (Å²) in [7, 11) is 1.58. The van der Waals surface area contributed by atoms with Gasteiger partial charge in [0.1, 0.15) is 5.69 Å². The number of hydrogen-bond acceptors (Lipinski definition) is 3. The van der Waals surface area contributed by atoms with E-state index in [9.17, 15) is 9.59 Å². The van der Waals surface area contributed by atoms with Crippen LogP contribution in [0.4, 0.5) is 5.69 Å². The Morgan fingerprint density at radius 2 is 1.56 bits per heavy atom. The van der Waals surface area contributed by atoms with Crippen molar-refractivity contribution in [3.05, 3.63) is 102 Å². The zero-order valence-electron chi connectivity index (χ0n) is 18.0. The summed E-state index contributed by atoms with van der Waals surface area (Å²) in [6, 6.07) is 24.5. The quantitative estimate of drug-likeness (QED) is 0.471. The maximum atomic E-state index is 13.2. The number of carbonyl (C=O) groups excluding carboxylic acids is 2. The lowest BCUT2D eigenvalue weighted by molar-refractivity contribution is 0.0962. The van der Waals surface area contributed by atoms with Crippen LogP contribution in [0.25, 0.3) is 16.9 Å². The lowest BCUT2D eigenvalue weighted by Crippen LogP contribution is -2.18. The molecule has 1 aromatic heterocycles. The Morgan fingerprint density at radius 3 is 2.19 bits per heavy atom. The van der Waals surface area contributed by atoms with Crippen molar-refractivity contribution in [2.75, 3.05) is 12.4 Å². The van der Waals surface area contributed by atoms with Crippen LogP contribution in [0.1, 0.15) is 33.2 Å². The Kier molecular flexibility index (Phi) is 6.12. The molecule has 2 amide bonds. The highest BCUT2D eigenvalue weighted by Crippen LogP contribution is 2.25. The van der Waals surface area contributed by atoms with Gasteiger partial charge in [0.25, 0.3) is 11.8 Å². The van der Waals surface area contributed by atoms with Gasteiger partial charge in [0.2, 0.25) is 0 Å². The molecule has 4 rings (SSSR count). The van der Waals surface area contributed by atoms with Gasteiger partial charge in [-0.2, -0.15) is 5.10 Å². The van der Waals surface area contributed by atoms with Crippen molar-refractivity contribution in [3.8, 4) is 16.9 Å². The Bertz CT molecular complexity index is 1230. The molecule has 0 radical (unpaired) electrons. The average Bonchev–Trinajstić information content (AvgIpc) is 3.30. The van der Waals surface area contributed by atoms with E-state index < -0.39 is 0 Å². The van der Waals surface area contributed by atoms with E-state index in [1.54, 1.807) is 42.2 Å². The summed E-state index contributed by atoms with van der Waals surface area (Å²) in [6.45, 7) is 2.10. The third kappa shape index (κ3) is 4.44. The predicted molar refractivity (Wildman–Crippen MR) is 126 cm³/mol. The molecule has 0 atom stereocenters. The van der Waals surface area contributed by atoms with Crippen molar-refractivity contribution in [3.63, 3.8) is 0 Å². The van der Waals surface area contributed by atoms with Gasteiger partial charge in [0.05, 0.1) is 11.3 Å². The number of aryl methyl sites for hydroxylation is 1. The molecule has 0 aliphatic heterocycles. The number of aromatic nitrogens is 2. The number of nitrogens with zero attached hydrogens (tertiary/aromatic N) is 2. The zero-order chi connectivity index (χ0) is 22.5. The molecule has 1 heterocycles. The van der Waals surface area contributed by atoms with Gasteiger partial charge in [0, 0.05) is 30.1 Å². The van der Waals surface area contributed by atoms with Gasteiger partial charge in [-0.1, -0.05) is 49.4 Å². The number of hydrogen-bond donors (Lipinski definition) is 2. The molecule has 0 aliphatic rings. The average molecular weight is 425 g/mol. The minimum Gasteiger partial charge on any atom is -0.355 e. The molecule has 6 nitrogen and oxygen atoms in total. The van der Waals surface area contributed by atoms with Crippen LogP contribution in [0.3, 0.4) is 0 Å². The van der Waals surface area contributed by atoms with Crippen molar-refractivity contribution < 1.29 is 9.59 Å². The van der Waals surface area contributed by atoms with Gasteiger partial charge in [-0.3, -0.25) is 9.59 Å². The fraction of sp³-hybridized carbons (Fsp3) is 0.115. The third-order valence-corrected chi connectivity index (χ3v) is 5.25. The molecule has 0 saturated heterocycles. The van der Waals surface area contributed by atoms with E-state index in [2.05, 4.69) is 29.7 Å². The third-order valence-electron chi connectivity index (χ3n) is 5.25. The molecular formula is C26H24N4O2. The molecular weight excluding hydrogens is 400 g/mol. The Morgan fingerprint density at radius 1 is 0.875 bits per heavy atom. The van der Waals surface area contributed by atoms with Gasteiger partial charge in [-0.15, -0.1) is 0 Å². The lowest BCUT2D eigenvalue weighted by atomic mass is 10.0. The standard InChI is InChI=1S/C26H24N4O2/c1-3-18-9-11-19(12-10-18)24-23(17-30(29-24)22-7-5-4-6-8-22)26(32)28-21-15-13-20(14-16-21)25(31)27-2/h4-17H,3H2,1-2H3,(H,27,31)(H,28,32). The smallest absolute Gasteiger partial charge is 0.259 e. The number of rotatable bonds is 6. The normalized spacial score (nSPS) is 10.6. The summed E-state index contributed by atoms with van der Waals surface area (Å²) in [5, 5.41) is 10.2. The van der Waals surface area contributed by atoms with Crippen LogP contribution in [0.2, 0.25) is 0 Å². The number of amides is 2. The first-order valence-corrected chi connectivity index (χ1v) is 10.5. The van der Waals surface area contributed by atoms with Gasteiger partial charge in [0.15, 0.2) is 0 Å². The minimum absolute atomic E-state index is 0.176. The second-order valence-electron chi connectivity index (χ2n) is 7.33. The minimum atomic E-state index is -0.269. The highest BCUT2D eigenvalue weighted by atomic mass is 16.2. The van der Waals surface area contributed by atoms with E-state index >= 15 is 0 Å². The van der Waals surface area contributed by atoms with Gasteiger partial charge >= 0.3 is 0 Å². The molecule has 0 unspecified atom stereocenters. The number of benzene rings is 3. The summed E-state index contributed by atoms with van der Waals surface area (Å²) in [5.74, 6) is -0.445. The maximum Gasteiger partial charge on any atom is 0.259 e. The topological polar surface area (TPSA) is 76.0 Å². The van der Waals surface area contributed by atoms with Crippen molar-refractivity contribution in [2.45, 2.75) is 13.3 Å². The zero-order valence-corrected chi connectivity index (χ0v) is 18.0. The Balaban J connectivity index is 1.68. The van der Waals surface area contributed by atoms with E-state index in [-0.39, 0.29) is 11.8 Å². The lowest BCUT2D eigenvalue weighted by Gasteiger charge is -2.07. The number of anilines is 1. The van der Waals surface area contributed by atoms with Crippen LogP contribution < -0.4 is 10.6 Å². The highest BCUT2D eigenvalue weighted by Gasteiger charge is 2.19. The van der Waals surface area contributed by atoms with Gasteiger partial charge in [-0.05, 0) is 48.4 Å². The molecule has 32 heavy (non-hydrogen) atoms. The first-order chi connectivity index (χ1) is 15.6. The molecule has 4 aromatic rings. The number of carbonyl (C=O) groups is 2. The van der Waals surface area contributed by atoms with Gasteiger partial charge in [-0.25, -0.2) is 4.68 Å². The highest BCUT2D eigenvalue weighted by molar-refractivity contribution is 6.08. The van der Waals surface area contributed by atoms with Crippen LogP contribution in [0.15, 0.2) is 85.1 Å². The second kappa shape index (κ2) is 9.31. The number of nitrogens with one attached hydrogen (secondary N) is 2. The Labute approximate surface area is 186 Å². The maximum absolute atomic E-state index is 13.2. The molecule has 0 aliphatic carbocycles. The van der Waals surface area contributed by atoms with Crippen molar-refractivity contribution in [1.82, 2.24) is 15.1 Å². The summed E-state index contributed by atoms with van der Waals surface area (Å²) >= 11 is 0. The monoisotopic (exact) mass is 424 g/mol. The molecule has 160 valence electrons. The van der Waals surface area contributed by atoms with Crippen molar-refractivity contribution >= 4 is 17.5 Å². The second-order valence-corrected chi connectivity index (χ2v) is 7.33. The van der Waals surface area contributed by atoms with Crippen LogP contribution in [0, 0.1) is 0 Å². The fourth-order valence-corrected chi connectivity index (χ4v) is 3.41. The van der Waals surface area contributed by atoms with Crippen LogP contribution in [-0.2, 0) is 6.42 Å². The largest absolute Gasteiger partial charge is 0.355 e. The van der Waals surface area contributed by atoms with E-state index in [1.165, 1.54) is 5.56 Å². The molecule has 0 spiro atoms. The molecule has 6 heteroatoms. The molecule has 3 aromatic carbocycles. The predicted octanol–water partition coefficient (Wildman–Crippen LogP) is 4.71. The summed E-state index contributed by atoms with van der Waals surface area (Å²) in [6.07, 6.45) is 2.69. The summed E-state index contributed by atoms with van der Waals surface area (Å²) in [4.78, 5) is 25.0. The fourth-order valence-electron chi connectivity index (χ4n) is 3.41. The van der Waals surface area contributed by atoms with E-state index in [0.29, 0.717) is 22.5 Å². The summed E-state index contributed by atoms with van der Waals surface area (Å²) in [5.41, 5.74) is 5.16. The van der Waals surface area contributed by atoms with Gasteiger partial charge < -0.3 is 10.6 Å². The molecule has 0 saturated carbocycles. The van der Waals surface area contributed by atoms with Crippen molar-refractivity contribution in [2.24, 2.45) is 0 Å². The first-order valence-electron chi connectivity index (χ1n) is 10.5. The van der Waals surface area contributed by atoms with E-state index in [0.717, 1.165) is 17.7 Å². The first kappa shape index (κ1) is 21.1. The SMILES string of the molecule is CCc1ccc(-c2nn(-c3ccccc3)cc2C(=O)Nc2ccc(C(=O)NC)cc2)cc1. The van der Waals surface area contributed by atoms with Crippen LogP contribution in [0.5, 0.6) is 0 Å². The molecule has 0 bridgehead atoms. The summed E-state index contributed by atoms with van der Waals surface area (Å²) < 4.78 is 1.71. The van der Waals surface area contributed by atoms with Crippen LogP contribution >= 0.6 is 0 Å². The number of para-hydroxylation sites is 1. The Hall–Kier alpha value is -4.19. The molecule has 2 N–H and O–H groups in total.